The highest BCUT2D eigenvalue weighted by molar-refractivity contribution is 5.94. The van der Waals surface area contributed by atoms with Crippen LogP contribution in [0.4, 0.5) is 0 Å². The molecule has 0 radical (unpaired) electrons. The maximum atomic E-state index is 11.7. The lowest BCUT2D eigenvalue weighted by Crippen LogP contribution is -2.51. The van der Waals surface area contributed by atoms with Crippen molar-refractivity contribution >= 4 is 5.91 Å². The molecule has 16 heavy (non-hydrogen) atoms. The quantitative estimate of drug-likeness (QED) is 0.689. The summed E-state index contributed by atoms with van der Waals surface area (Å²) in [5.74, 6) is -0.493. The number of aromatic nitrogens is 1. The van der Waals surface area contributed by atoms with Crippen LogP contribution in [0.2, 0.25) is 0 Å². The van der Waals surface area contributed by atoms with Crippen molar-refractivity contribution in [3.05, 3.63) is 34.2 Å². The molecule has 1 heterocycles. The highest BCUT2D eigenvalue weighted by Crippen LogP contribution is 2.08. The predicted molar refractivity (Wildman–Crippen MR) is 60.3 cm³/mol. The standard InChI is InChI=1S/C11H16N2O3/c1-7(14)11(2,3)13-10(16)8-6-12-5-4-9(8)15/h4-7,14H,1-3H3,(H,12,15)(H,13,16). The zero-order valence-electron chi connectivity index (χ0n) is 9.57. The lowest BCUT2D eigenvalue weighted by Gasteiger charge is -2.29. The first-order chi connectivity index (χ1) is 7.34. The van der Waals surface area contributed by atoms with Gasteiger partial charge in [-0.2, -0.15) is 0 Å². The average Bonchev–Trinajstić information content (AvgIpc) is 2.17. The van der Waals surface area contributed by atoms with Gasteiger partial charge >= 0.3 is 0 Å². The first-order valence-electron chi connectivity index (χ1n) is 5.02. The summed E-state index contributed by atoms with van der Waals surface area (Å²) in [6.45, 7) is 4.95. The number of nitrogens with one attached hydrogen (secondary N) is 2. The zero-order chi connectivity index (χ0) is 12.3. The van der Waals surface area contributed by atoms with Gasteiger partial charge in [0, 0.05) is 18.5 Å². The monoisotopic (exact) mass is 224 g/mol. The Labute approximate surface area is 93.5 Å². The second-order valence-corrected chi connectivity index (χ2v) is 4.27. The van der Waals surface area contributed by atoms with Crippen LogP contribution in [-0.4, -0.2) is 27.6 Å². The Kier molecular flexibility index (Phi) is 3.49. The number of H-pyrrole nitrogens is 1. The first-order valence-corrected chi connectivity index (χ1v) is 5.02. The molecular formula is C11H16N2O3. The van der Waals surface area contributed by atoms with E-state index in [1.165, 1.54) is 18.5 Å². The van der Waals surface area contributed by atoms with E-state index < -0.39 is 17.6 Å². The van der Waals surface area contributed by atoms with Crippen molar-refractivity contribution in [2.45, 2.75) is 32.4 Å². The van der Waals surface area contributed by atoms with Crippen molar-refractivity contribution in [1.29, 1.82) is 0 Å². The fourth-order valence-corrected chi connectivity index (χ4v) is 1.06. The third kappa shape index (κ3) is 2.70. The van der Waals surface area contributed by atoms with Crippen LogP contribution in [-0.2, 0) is 0 Å². The Hall–Kier alpha value is -1.62. The minimum atomic E-state index is -0.778. The van der Waals surface area contributed by atoms with Gasteiger partial charge in [-0.1, -0.05) is 0 Å². The molecule has 0 saturated carbocycles. The number of carbonyl (C=O) groups excluding carboxylic acids is 1. The Morgan fingerprint density at radius 2 is 2.19 bits per heavy atom. The third-order valence-corrected chi connectivity index (χ3v) is 2.55. The van der Waals surface area contributed by atoms with Crippen LogP contribution in [0, 0.1) is 0 Å². The van der Waals surface area contributed by atoms with Crippen molar-refractivity contribution in [2.75, 3.05) is 0 Å². The number of rotatable bonds is 3. The molecule has 1 atom stereocenters. The average molecular weight is 224 g/mol. The molecule has 0 aliphatic carbocycles. The number of pyridine rings is 1. The summed E-state index contributed by atoms with van der Waals surface area (Å²) in [5.41, 5.74) is -1.09. The zero-order valence-corrected chi connectivity index (χ0v) is 9.57. The second-order valence-electron chi connectivity index (χ2n) is 4.27. The molecule has 1 rings (SSSR count). The van der Waals surface area contributed by atoms with Crippen molar-refractivity contribution in [1.82, 2.24) is 10.3 Å². The number of aromatic amines is 1. The molecule has 0 spiro atoms. The van der Waals surface area contributed by atoms with Crippen LogP contribution in [0.1, 0.15) is 31.1 Å². The molecule has 1 unspecified atom stereocenters. The summed E-state index contributed by atoms with van der Waals surface area (Å²) in [6, 6.07) is 1.28. The molecule has 1 amide bonds. The molecule has 88 valence electrons. The highest BCUT2D eigenvalue weighted by atomic mass is 16.3. The van der Waals surface area contributed by atoms with E-state index in [1.807, 2.05) is 0 Å². The van der Waals surface area contributed by atoms with E-state index in [0.717, 1.165) is 0 Å². The van der Waals surface area contributed by atoms with Crippen molar-refractivity contribution < 1.29 is 9.90 Å². The smallest absolute Gasteiger partial charge is 0.257 e. The number of amides is 1. The fourth-order valence-electron chi connectivity index (χ4n) is 1.06. The molecule has 0 aliphatic rings. The Morgan fingerprint density at radius 3 is 2.69 bits per heavy atom. The Morgan fingerprint density at radius 1 is 1.56 bits per heavy atom. The minimum absolute atomic E-state index is 0.0382. The van der Waals surface area contributed by atoms with Crippen molar-refractivity contribution in [3.8, 4) is 0 Å². The summed E-state index contributed by atoms with van der Waals surface area (Å²) in [7, 11) is 0. The van der Waals surface area contributed by atoms with Crippen LogP contribution in [0.15, 0.2) is 23.3 Å². The van der Waals surface area contributed by atoms with Gasteiger partial charge in [0.2, 0.25) is 0 Å². The van der Waals surface area contributed by atoms with Crippen LogP contribution in [0.5, 0.6) is 0 Å². The van der Waals surface area contributed by atoms with Crippen molar-refractivity contribution in [2.24, 2.45) is 0 Å². The summed E-state index contributed by atoms with van der Waals surface area (Å²) in [6.07, 6.45) is 2.09. The van der Waals surface area contributed by atoms with Gasteiger partial charge in [0.25, 0.3) is 5.91 Å². The van der Waals surface area contributed by atoms with Crippen LogP contribution in [0.25, 0.3) is 0 Å². The van der Waals surface area contributed by atoms with Crippen LogP contribution in [0.3, 0.4) is 0 Å². The molecule has 0 aromatic carbocycles. The van der Waals surface area contributed by atoms with Gasteiger partial charge in [-0.3, -0.25) is 9.59 Å². The highest BCUT2D eigenvalue weighted by Gasteiger charge is 2.27. The summed E-state index contributed by atoms with van der Waals surface area (Å²) < 4.78 is 0. The molecule has 1 aromatic heterocycles. The topological polar surface area (TPSA) is 82.2 Å². The van der Waals surface area contributed by atoms with E-state index in [0.29, 0.717) is 0 Å². The van der Waals surface area contributed by atoms with E-state index in [1.54, 1.807) is 20.8 Å². The largest absolute Gasteiger partial charge is 0.391 e. The molecule has 5 heteroatoms. The number of hydrogen-bond donors (Lipinski definition) is 3. The summed E-state index contributed by atoms with van der Waals surface area (Å²) in [4.78, 5) is 25.8. The van der Waals surface area contributed by atoms with Gasteiger partial charge < -0.3 is 15.4 Å². The van der Waals surface area contributed by atoms with E-state index in [2.05, 4.69) is 10.3 Å². The molecule has 0 saturated heterocycles. The Balaban J connectivity index is 2.90. The molecule has 3 N–H and O–H groups in total. The van der Waals surface area contributed by atoms with Gasteiger partial charge in [-0.15, -0.1) is 0 Å². The van der Waals surface area contributed by atoms with Gasteiger partial charge in [0.15, 0.2) is 5.43 Å². The fraction of sp³-hybridized carbons (Fsp3) is 0.455. The minimum Gasteiger partial charge on any atom is -0.391 e. The lowest BCUT2D eigenvalue weighted by molar-refractivity contribution is 0.0708. The second kappa shape index (κ2) is 4.49. The summed E-state index contributed by atoms with van der Waals surface area (Å²) in [5, 5.41) is 12.0. The first kappa shape index (κ1) is 12.4. The number of aliphatic hydroxyl groups excluding tert-OH is 1. The van der Waals surface area contributed by atoms with E-state index in [-0.39, 0.29) is 11.0 Å². The van der Waals surface area contributed by atoms with E-state index in [9.17, 15) is 14.7 Å². The normalized spacial score (nSPS) is 13.2. The van der Waals surface area contributed by atoms with Gasteiger partial charge in [-0.05, 0) is 20.8 Å². The molecule has 0 aliphatic heterocycles. The molecular weight excluding hydrogens is 208 g/mol. The number of hydrogen-bond acceptors (Lipinski definition) is 3. The predicted octanol–water partition coefficient (Wildman–Crippen LogP) is 0.264. The summed E-state index contributed by atoms with van der Waals surface area (Å²) >= 11 is 0. The maximum absolute atomic E-state index is 11.7. The van der Waals surface area contributed by atoms with Gasteiger partial charge in [0.1, 0.15) is 5.56 Å². The van der Waals surface area contributed by atoms with Crippen molar-refractivity contribution in [3.63, 3.8) is 0 Å². The molecule has 1 aromatic rings. The third-order valence-electron chi connectivity index (χ3n) is 2.55. The molecule has 0 fully saturated rings. The Bertz CT molecular complexity index is 435. The van der Waals surface area contributed by atoms with E-state index in [4.69, 9.17) is 0 Å². The lowest BCUT2D eigenvalue weighted by atomic mass is 9.98. The SMILES string of the molecule is CC(O)C(C)(C)NC(=O)c1c[nH]ccc1=O. The van der Waals surface area contributed by atoms with Gasteiger partial charge in [0.05, 0.1) is 11.6 Å². The number of carbonyl (C=O) groups is 1. The maximum Gasteiger partial charge on any atom is 0.257 e. The molecule has 5 nitrogen and oxygen atoms in total. The van der Waals surface area contributed by atoms with Crippen LogP contribution < -0.4 is 10.7 Å². The molecule has 0 bridgehead atoms. The van der Waals surface area contributed by atoms with Gasteiger partial charge in [-0.25, -0.2) is 0 Å². The van der Waals surface area contributed by atoms with E-state index >= 15 is 0 Å². The van der Waals surface area contributed by atoms with Crippen LogP contribution >= 0.6 is 0 Å². The number of aliphatic hydroxyl groups is 1.